The van der Waals surface area contributed by atoms with Crippen LogP contribution in [0.4, 0.5) is 0 Å². The molecule has 0 aromatic heterocycles. The van der Waals surface area contributed by atoms with Gasteiger partial charge >= 0.3 is 0 Å². The van der Waals surface area contributed by atoms with E-state index in [1.54, 1.807) is 0 Å². The number of hydrogen-bond donors (Lipinski definition) is 1. The van der Waals surface area contributed by atoms with Crippen LogP contribution >= 0.6 is 0 Å². The van der Waals surface area contributed by atoms with Crippen LogP contribution in [0, 0.1) is 0 Å². The first-order chi connectivity index (χ1) is 13.1. The average Bonchev–Trinajstić information content (AvgIpc) is 2.72. The molecule has 1 N–H and O–H groups in total. The fourth-order valence-electron chi connectivity index (χ4n) is 4.44. The van der Waals surface area contributed by atoms with E-state index in [1.165, 1.54) is 24.8 Å². The monoisotopic (exact) mass is 373 g/mol. The Bertz CT molecular complexity index is 578. The predicted molar refractivity (Wildman–Crippen MR) is 109 cm³/mol. The minimum absolute atomic E-state index is 0.0674. The largest absolute Gasteiger partial charge is 0.381 e. The van der Waals surface area contributed by atoms with E-state index < -0.39 is 0 Å². The van der Waals surface area contributed by atoms with Crippen molar-refractivity contribution < 1.29 is 9.53 Å². The van der Waals surface area contributed by atoms with Crippen LogP contribution in [0.2, 0.25) is 0 Å². The van der Waals surface area contributed by atoms with E-state index in [0.29, 0.717) is 0 Å². The van der Waals surface area contributed by atoms with Crippen molar-refractivity contribution in [3.05, 3.63) is 35.9 Å². The van der Waals surface area contributed by atoms with Gasteiger partial charge in [-0.05, 0) is 64.9 Å². The molecule has 0 spiro atoms. The summed E-state index contributed by atoms with van der Waals surface area (Å²) in [5.74, 6) is 0.131. The summed E-state index contributed by atoms with van der Waals surface area (Å²) >= 11 is 0. The summed E-state index contributed by atoms with van der Waals surface area (Å²) in [6.07, 6.45) is 6.63. The van der Waals surface area contributed by atoms with Crippen molar-refractivity contribution >= 4 is 5.91 Å². The van der Waals surface area contributed by atoms with Crippen LogP contribution in [0.1, 0.15) is 37.7 Å². The van der Waals surface area contributed by atoms with Gasteiger partial charge < -0.3 is 10.1 Å². The van der Waals surface area contributed by atoms with Gasteiger partial charge in [0.1, 0.15) is 0 Å². The zero-order valence-corrected chi connectivity index (χ0v) is 17.0. The van der Waals surface area contributed by atoms with E-state index in [9.17, 15) is 4.79 Å². The quantitative estimate of drug-likeness (QED) is 0.797. The Balaban J connectivity index is 1.64. The van der Waals surface area contributed by atoms with Crippen LogP contribution in [0.5, 0.6) is 0 Å². The minimum Gasteiger partial charge on any atom is -0.381 e. The first kappa shape index (κ1) is 20.3. The highest BCUT2D eigenvalue weighted by atomic mass is 16.5. The molecule has 1 aromatic carbocycles. The lowest BCUT2D eigenvalue weighted by Crippen LogP contribution is -2.60. The maximum absolute atomic E-state index is 13.1. The summed E-state index contributed by atoms with van der Waals surface area (Å²) in [5, 5.41) is 3.31. The van der Waals surface area contributed by atoms with E-state index in [2.05, 4.69) is 22.3 Å². The molecule has 2 saturated heterocycles. The van der Waals surface area contributed by atoms with Crippen molar-refractivity contribution in [2.45, 2.75) is 50.1 Å². The highest BCUT2D eigenvalue weighted by Gasteiger charge is 2.39. The Morgan fingerprint density at radius 2 is 1.81 bits per heavy atom. The first-order valence-corrected chi connectivity index (χ1v) is 10.4. The van der Waals surface area contributed by atoms with Crippen LogP contribution in [0.3, 0.4) is 0 Å². The number of rotatable bonds is 7. The van der Waals surface area contributed by atoms with Gasteiger partial charge in [-0.25, -0.2) is 0 Å². The molecular weight excluding hydrogens is 338 g/mol. The number of carbonyl (C=O) groups is 1. The molecule has 1 amide bonds. The summed E-state index contributed by atoms with van der Waals surface area (Å²) < 4.78 is 5.64. The molecule has 1 aromatic rings. The van der Waals surface area contributed by atoms with Crippen molar-refractivity contribution in [1.82, 2.24) is 15.1 Å². The lowest BCUT2D eigenvalue weighted by atomic mass is 9.86. The zero-order valence-electron chi connectivity index (χ0n) is 17.0. The molecule has 2 aliphatic heterocycles. The third-order valence-corrected chi connectivity index (χ3v) is 6.24. The number of likely N-dealkylation sites (tertiary alicyclic amines) is 1. The van der Waals surface area contributed by atoms with Gasteiger partial charge in [0.05, 0.1) is 6.04 Å². The number of carbonyl (C=O) groups excluding carboxylic acids is 1. The normalized spacial score (nSPS) is 21.7. The number of nitrogens with one attached hydrogen (secondary N) is 1. The van der Waals surface area contributed by atoms with Crippen LogP contribution < -0.4 is 5.32 Å². The molecule has 2 aliphatic rings. The summed E-state index contributed by atoms with van der Waals surface area (Å²) in [6.45, 7) is 4.63. The molecule has 0 aliphatic carbocycles. The zero-order chi connectivity index (χ0) is 19.1. The molecule has 2 heterocycles. The molecule has 5 heteroatoms. The Morgan fingerprint density at radius 3 is 2.44 bits per heavy atom. The van der Waals surface area contributed by atoms with Gasteiger partial charge in [-0.2, -0.15) is 0 Å². The fourth-order valence-corrected chi connectivity index (χ4v) is 4.44. The highest BCUT2D eigenvalue weighted by Crippen LogP contribution is 2.30. The van der Waals surface area contributed by atoms with E-state index in [1.807, 2.05) is 37.2 Å². The van der Waals surface area contributed by atoms with E-state index >= 15 is 0 Å². The van der Waals surface area contributed by atoms with Gasteiger partial charge in [0.25, 0.3) is 0 Å². The van der Waals surface area contributed by atoms with Crippen molar-refractivity contribution in [2.75, 3.05) is 46.9 Å². The second-order valence-corrected chi connectivity index (χ2v) is 8.27. The number of amides is 1. The van der Waals surface area contributed by atoms with Gasteiger partial charge in [-0.15, -0.1) is 0 Å². The molecule has 1 unspecified atom stereocenters. The second-order valence-electron chi connectivity index (χ2n) is 8.27. The van der Waals surface area contributed by atoms with Crippen LogP contribution in [-0.4, -0.2) is 74.2 Å². The third kappa shape index (κ3) is 5.31. The molecule has 0 bridgehead atoms. The van der Waals surface area contributed by atoms with Gasteiger partial charge in [0.15, 0.2) is 0 Å². The van der Waals surface area contributed by atoms with E-state index in [4.69, 9.17) is 4.74 Å². The van der Waals surface area contributed by atoms with Crippen LogP contribution in [0.25, 0.3) is 0 Å². The average molecular weight is 374 g/mol. The number of piperidine rings is 1. The molecule has 0 saturated carbocycles. The molecular formula is C22H35N3O2. The maximum Gasteiger partial charge on any atom is 0.237 e. The lowest BCUT2D eigenvalue weighted by Gasteiger charge is -2.48. The van der Waals surface area contributed by atoms with Gasteiger partial charge in [0.2, 0.25) is 5.91 Å². The Morgan fingerprint density at radius 1 is 1.15 bits per heavy atom. The molecule has 27 heavy (non-hydrogen) atoms. The lowest BCUT2D eigenvalue weighted by molar-refractivity contribution is -0.127. The highest BCUT2D eigenvalue weighted by molar-refractivity contribution is 5.82. The maximum atomic E-state index is 13.1. The summed E-state index contributed by atoms with van der Waals surface area (Å²) in [6, 6.07) is 10.1. The minimum atomic E-state index is -0.148. The van der Waals surface area contributed by atoms with Crippen molar-refractivity contribution in [3.8, 4) is 0 Å². The number of benzene rings is 1. The molecule has 0 radical (unpaired) electrons. The van der Waals surface area contributed by atoms with Crippen molar-refractivity contribution in [1.29, 1.82) is 0 Å². The van der Waals surface area contributed by atoms with E-state index in [0.717, 1.165) is 52.1 Å². The predicted octanol–water partition coefficient (Wildman–Crippen LogP) is 2.31. The molecule has 150 valence electrons. The summed E-state index contributed by atoms with van der Waals surface area (Å²) in [5.41, 5.74) is 1.26. The van der Waals surface area contributed by atoms with Crippen molar-refractivity contribution in [2.24, 2.45) is 0 Å². The SMILES string of the molecule is CN(C)C(Cc1ccccc1)C(=O)NCC1(N2CCCCC2)CCOCC1. The fraction of sp³-hybridized carbons (Fsp3) is 0.682. The molecule has 5 nitrogen and oxygen atoms in total. The summed E-state index contributed by atoms with van der Waals surface area (Å²) in [7, 11) is 3.98. The number of nitrogens with zero attached hydrogens (tertiary/aromatic N) is 2. The van der Waals surface area contributed by atoms with Gasteiger partial charge in [-0.1, -0.05) is 36.8 Å². The number of likely N-dealkylation sites (N-methyl/N-ethyl adjacent to an activating group) is 1. The Hall–Kier alpha value is -1.43. The smallest absolute Gasteiger partial charge is 0.237 e. The number of hydrogen-bond acceptors (Lipinski definition) is 4. The van der Waals surface area contributed by atoms with Crippen LogP contribution in [-0.2, 0) is 16.0 Å². The van der Waals surface area contributed by atoms with Gasteiger partial charge in [0, 0.05) is 25.3 Å². The molecule has 3 rings (SSSR count). The third-order valence-electron chi connectivity index (χ3n) is 6.24. The Kier molecular flexibility index (Phi) is 7.27. The van der Waals surface area contributed by atoms with E-state index in [-0.39, 0.29) is 17.5 Å². The van der Waals surface area contributed by atoms with Crippen LogP contribution in [0.15, 0.2) is 30.3 Å². The van der Waals surface area contributed by atoms with Crippen molar-refractivity contribution in [3.63, 3.8) is 0 Å². The molecule has 1 atom stereocenters. The molecule has 2 fully saturated rings. The summed E-state index contributed by atoms with van der Waals surface area (Å²) in [4.78, 5) is 17.7. The Labute approximate surface area is 164 Å². The first-order valence-electron chi connectivity index (χ1n) is 10.4. The van der Waals surface area contributed by atoms with Gasteiger partial charge in [-0.3, -0.25) is 14.6 Å². The second kappa shape index (κ2) is 9.67. The standard InChI is InChI=1S/C22H35N3O2/c1-24(2)20(17-19-9-5-3-6-10-19)21(26)23-18-22(11-15-27-16-12-22)25-13-7-4-8-14-25/h3,5-6,9-10,20H,4,7-8,11-18H2,1-2H3,(H,23,26). The topological polar surface area (TPSA) is 44.8 Å². The number of ether oxygens (including phenoxy) is 1.